The number of nitrogens with zero attached hydrogens (tertiary/aromatic N) is 4. The third kappa shape index (κ3) is 2.50. The molecular formula is C10H11BrN6O2. The van der Waals surface area contributed by atoms with Crippen LogP contribution in [0.5, 0.6) is 0 Å². The van der Waals surface area contributed by atoms with Crippen molar-refractivity contribution in [3.05, 3.63) is 28.3 Å². The van der Waals surface area contributed by atoms with Gasteiger partial charge in [-0.15, -0.1) is 0 Å². The lowest BCUT2D eigenvalue weighted by molar-refractivity contribution is 0.0995. The van der Waals surface area contributed by atoms with E-state index < -0.39 is 11.8 Å². The molecule has 0 spiro atoms. The summed E-state index contributed by atoms with van der Waals surface area (Å²) in [7, 11) is 3.26. The third-order valence-corrected chi connectivity index (χ3v) is 3.00. The van der Waals surface area contributed by atoms with E-state index in [1.165, 1.54) is 21.8 Å². The molecule has 100 valence electrons. The zero-order valence-corrected chi connectivity index (χ0v) is 11.8. The average molecular weight is 327 g/mol. The van der Waals surface area contributed by atoms with E-state index in [1.54, 1.807) is 14.1 Å². The lowest BCUT2D eigenvalue weighted by atomic mass is 10.3. The van der Waals surface area contributed by atoms with Crippen molar-refractivity contribution >= 4 is 33.4 Å². The fourth-order valence-corrected chi connectivity index (χ4v) is 2.14. The maximum Gasteiger partial charge on any atom is 0.275 e. The first-order valence-corrected chi connectivity index (χ1v) is 6.01. The topological polar surface area (TPSA) is 108 Å². The minimum absolute atomic E-state index is 0.00846. The molecule has 0 bridgehead atoms. The number of halogens is 1. The number of aryl methyl sites for hydroxylation is 2. The monoisotopic (exact) mass is 326 g/mol. The Bertz CT molecular complexity index is 640. The van der Waals surface area contributed by atoms with Crippen LogP contribution in [0.25, 0.3) is 0 Å². The first-order valence-electron chi connectivity index (χ1n) is 5.22. The predicted octanol–water partition coefficient (Wildman–Crippen LogP) is 0.267. The first kappa shape index (κ1) is 13.3. The average Bonchev–Trinajstić information content (AvgIpc) is 2.82. The van der Waals surface area contributed by atoms with Gasteiger partial charge in [-0.3, -0.25) is 19.0 Å². The van der Waals surface area contributed by atoms with Crippen LogP contribution in [0.1, 0.15) is 21.0 Å². The van der Waals surface area contributed by atoms with Crippen molar-refractivity contribution in [3.63, 3.8) is 0 Å². The maximum absolute atomic E-state index is 12.1. The maximum atomic E-state index is 12.1. The van der Waals surface area contributed by atoms with Gasteiger partial charge in [0.25, 0.3) is 11.8 Å². The van der Waals surface area contributed by atoms with Gasteiger partial charge in [-0.1, -0.05) is 0 Å². The highest BCUT2D eigenvalue weighted by atomic mass is 79.9. The number of hydrogen-bond donors (Lipinski definition) is 2. The van der Waals surface area contributed by atoms with Gasteiger partial charge in [0.05, 0.1) is 16.4 Å². The van der Waals surface area contributed by atoms with Crippen LogP contribution < -0.4 is 11.1 Å². The van der Waals surface area contributed by atoms with Gasteiger partial charge in [-0.2, -0.15) is 10.2 Å². The second-order valence-electron chi connectivity index (χ2n) is 3.85. The van der Waals surface area contributed by atoms with E-state index in [9.17, 15) is 9.59 Å². The van der Waals surface area contributed by atoms with Crippen LogP contribution in [0.2, 0.25) is 0 Å². The molecule has 2 aromatic heterocycles. The largest absolute Gasteiger partial charge is 0.364 e. The molecule has 0 aromatic carbocycles. The minimum Gasteiger partial charge on any atom is -0.364 e. The summed E-state index contributed by atoms with van der Waals surface area (Å²) >= 11 is 3.23. The Hall–Kier alpha value is -2.16. The molecule has 0 saturated carbocycles. The Morgan fingerprint density at radius 1 is 1.42 bits per heavy atom. The van der Waals surface area contributed by atoms with Gasteiger partial charge in [-0.25, -0.2) is 0 Å². The van der Waals surface area contributed by atoms with Gasteiger partial charge in [0, 0.05) is 20.3 Å². The van der Waals surface area contributed by atoms with E-state index in [0.717, 1.165) is 0 Å². The summed E-state index contributed by atoms with van der Waals surface area (Å²) in [5.74, 6) is -1.12. The molecule has 2 amide bonds. The Balaban J connectivity index is 2.32. The van der Waals surface area contributed by atoms with Crippen LogP contribution in [0, 0.1) is 0 Å². The summed E-state index contributed by atoms with van der Waals surface area (Å²) in [5.41, 5.74) is 5.79. The Morgan fingerprint density at radius 3 is 2.63 bits per heavy atom. The number of nitrogens with one attached hydrogen (secondary N) is 1. The molecule has 3 N–H and O–H groups in total. The van der Waals surface area contributed by atoms with Crippen LogP contribution in [0.3, 0.4) is 0 Å². The second kappa shape index (κ2) is 4.84. The summed E-state index contributed by atoms with van der Waals surface area (Å²) in [6, 6.07) is 0. The lowest BCUT2D eigenvalue weighted by Crippen LogP contribution is -2.20. The number of carbonyl (C=O) groups is 2. The normalized spacial score (nSPS) is 10.5. The number of amides is 2. The Morgan fingerprint density at radius 2 is 2.11 bits per heavy atom. The number of carbonyl (C=O) groups excluding carboxylic acids is 2. The minimum atomic E-state index is -0.708. The van der Waals surface area contributed by atoms with Crippen molar-refractivity contribution < 1.29 is 9.59 Å². The van der Waals surface area contributed by atoms with E-state index >= 15 is 0 Å². The highest BCUT2D eigenvalue weighted by Crippen LogP contribution is 2.18. The molecule has 0 radical (unpaired) electrons. The van der Waals surface area contributed by atoms with Gasteiger partial charge in [0.2, 0.25) is 0 Å². The van der Waals surface area contributed by atoms with E-state index in [1.807, 2.05) is 0 Å². The van der Waals surface area contributed by atoms with Gasteiger partial charge < -0.3 is 11.1 Å². The van der Waals surface area contributed by atoms with Crippen LogP contribution in [0.4, 0.5) is 5.69 Å². The molecule has 2 rings (SSSR count). The Labute approximate surface area is 116 Å². The Kier molecular flexibility index (Phi) is 3.38. The van der Waals surface area contributed by atoms with Crippen LogP contribution in [0.15, 0.2) is 16.9 Å². The molecule has 0 aliphatic carbocycles. The van der Waals surface area contributed by atoms with Crippen molar-refractivity contribution in [1.29, 1.82) is 0 Å². The number of nitrogens with two attached hydrogens (primary N) is 1. The van der Waals surface area contributed by atoms with Crippen molar-refractivity contribution in [1.82, 2.24) is 19.6 Å². The fourth-order valence-electron chi connectivity index (χ4n) is 1.61. The number of rotatable bonds is 3. The fraction of sp³-hybridized carbons (Fsp3) is 0.200. The van der Waals surface area contributed by atoms with E-state index in [2.05, 4.69) is 31.4 Å². The highest BCUT2D eigenvalue weighted by Gasteiger charge is 2.20. The molecule has 0 unspecified atom stereocenters. The zero-order valence-electron chi connectivity index (χ0n) is 10.2. The second-order valence-corrected chi connectivity index (χ2v) is 4.70. The molecule has 2 aromatic rings. The summed E-state index contributed by atoms with van der Waals surface area (Å²) in [6.07, 6.45) is 3.01. The molecule has 8 nitrogen and oxygen atoms in total. The molecule has 0 fully saturated rings. The molecule has 19 heavy (non-hydrogen) atoms. The molecule has 9 heteroatoms. The smallest absolute Gasteiger partial charge is 0.275 e. The molecular weight excluding hydrogens is 316 g/mol. The summed E-state index contributed by atoms with van der Waals surface area (Å²) in [6.45, 7) is 0. The number of primary amides is 1. The van der Waals surface area contributed by atoms with E-state index in [4.69, 9.17) is 5.73 Å². The first-order chi connectivity index (χ1) is 8.90. The van der Waals surface area contributed by atoms with Crippen molar-refractivity contribution in [2.45, 2.75) is 0 Å². The van der Waals surface area contributed by atoms with Gasteiger partial charge in [0.15, 0.2) is 5.69 Å². The van der Waals surface area contributed by atoms with Crippen LogP contribution in [-0.4, -0.2) is 31.4 Å². The quantitative estimate of drug-likeness (QED) is 0.843. The standard InChI is InChI=1S/C10H11BrN6O2/c1-16-4-6(7(15-16)9(12)18)14-10(19)8-5(11)3-13-17(8)2/h3-4H,1-2H3,(H2,12,18)(H,14,19). The summed E-state index contributed by atoms with van der Waals surface area (Å²) in [5, 5.41) is 10.4. The molecule has 0 saturated heterocycles. The van der Waals surface area contributed by atoms with Crippen LogP contribution >= 0.6 is 15.9 Å². The van der Waals surface area contributed by atoms with E-state index in [-0.39, 0.29) is 11.4 Å². The lowest BCUT2D eigenvalue weighted by Gasteiger charge is -2.04. The molecule has 0 aliphatic rings. The SMILES string of the molecule is Cn1cc(NC(=O)c2c(Br)cnn2C)c(C(N)=O)n1. The van der Waals surface area contributed by atoms with Gasteiger partial charge in [-0.05, 0) is 15.9 Å². The van der Waals surface area contributed by atoms with Crippen molar-refractivity contribution in [2.24, 2.45) is 19.8 Å². The summed E-state index contributed by atoms with van der Waals surface area (Å²) < 4.78 is 3.37. The predicted molar refractivity (Wildman–Crippen MR) is 70.6 cm³/mol. The van der Waals surface area contributed by atoms with E-state index in [0.29, 0.717) is 10.2 Å². The number of aromatic nitrogens is 4. The highest BCUT2D eigenvalue weighted by molar-refractivity contribution is 9.10. The molecule has 2 heterocycles. The zero-order chi connectivity index (χ0) is 14.2. The van der Waals surface area contributed by atoms with Crippen molar-refractivity contribution in [3.8, 4) is 0 Å². The molecule has 0 aliphatic heterocycles. The van der Waals surface area contributed by atoms with Gasteiger partial charge in [0.1, 0.15) is 5.69 Å². The van der Waals surface area contributed by atoms with Crippen LogP contribution in [-0.2, 0) is 14.1 Å². The summed E-state index contributed by atoms with van der Waals surface area (Å²) in [4.78, 5) is 23.3. The van der Waals surface area contributed by atoms with Gasteiger partial charge >= 0.3 is 0 Å². The van der Waals surface area contributed by atoms with Crippen molar-refractivity contribution in [2.75, 3.05) is 5.32 Å². The molecule has 0 atom stereocenters. The number of hydrogen-bond acceptors (Lipinski definition) is 4. The number of anilines is 1. The third-order valence-electron chi connectivity index (χ3n) is 2.42.